The van der Waals surface area contributed by atoms with Crippen LogP contribution in [-0.2, 0) is 19.1 Å². The Hall–Kier alpha value is -3.20. The van der Waals surface area contributed by atoms with Gasteiger partial charge in [0.15, 0.2) is 16.7 Å². The van der Waals surface area contributed by atoms with Gasteiger partial charge in [-0.1, -0.05) is 30.4 Å². The zero-order valence-electron chi connectivity index (χ0n) is 19.5. The van der Waals surface area contributed by atoms with Gasteiger partial charge >= 0.3 is 5.97 Å². The van der Waals surface area contributed by atoms with Crippen LogP contribution in [0.25, 0.3) is 0 Å². The minimum absolute atomic E-state index is 0.0315. The van der Waals surface area contributed by atoms with Crippen LogP contribution in [0, 0.1) is 18.8 Å². The second-order valence-electron chi connectivity index (χ2n) is 9.04. The molecule has 1 aromatic heterocycles. The highest BCUT2D eigenvalue weighted by molar-refractivity contribution is 7.17. The molecule has 1 amide bonds. The van der Waals surface area contributed by atoms with Crippen LogP contribution in [0.3, 0.4) is 0 Å². The van der Waals surface area contributed by atoms with E-state index < -0.39 is 17.9 Å². The van der Waals surface area contributed by atoms with Crippen molar-refractivity contribution in [1.29, 1.82) is 0 Å². The highest BCUT2D eigenvalue weighted by Crippen LogP contribution is 2.49. The van der Waals surface area contributed by atoms with Crippen LogP contribution in [0.2, 0.25) is 0 Å². The van der Waals surface area contributed by atoms with Crippen LogP contribution < -0.4 is 9.64 Å². The first-order valence-electron chi connectivity index (χ1n) is 11.3. The van der Waals surface area contributed by atoms with Crippen molar-refractivity contribution < 1.29 is 28.6 Å². The van der Waals surface area contributed by atoms with Crippen LogP contribution in [0.15, 0.2) is 35.6 Å². The van der Waals surface area contributed by atoms with Crippen molar-refractivity contribution >= 4 is 34.1 Å². The number of aromatic nitrogens is 1. The summed E-state index contributed by atoms with van der Waals surface area (Å²) in [7, 11) is 2.88. The van der Waals surface area contributed by atoms with E-state index in [2.05, 4.69) is 11.9 Å². The van der Waals surface area contributed by atoms with E-state index in [1.807, 2.05) is 12.1 Å². The second kappa shape index (κ2) is 8.54. The Morgan fingerprint density at radius 3 is 2.59 bits per heavy atom. The summed E-state index contributed by atoms with van der Waals surface area (Å²) in [5.74, 6) is -0.0258. The lowest BCUT2D eigenvalue weighted by atomic mass is 9.74. The maximum absolute atomic E-state index is 13.8. The van der Waals surface area contributed by atoms with Crippen molar-refractivity contribution in [3.8, 4) is 5.75 Å². The van der Waals surface area contributed by atoms with Gasteiger partial charge in [0.25, 0.3) is 5.91 Å². The summed E-state index contributed by atoms with van der Waals surface area (Å²) in [6.45, 7) is 3.84. The first kappa shape index (κ1) is 22.6. The topological polar surface area (TPSA) is 95.0 Å². The molecule has 1 saturated carbocycles. The molecule has 8 nitrogen and oxygen atoms in total. The SMILES string of the molecule is COC(=O)c1sc(N2C(=O)C3=C(C(=O)C4CC(C)CCC4O3)C2c2ccc(OC)cc2)nc1C. The fraction of sp³-hybridized carbons (Fsp3) is 0.440. The Morgan fingerprint density at radius 1 is 1.18 bits per heavy atom. The van der Waals surface area contributed by atoms with Gasteiger partial charge in [-0.15, -0.1) is 0 Å². The summed E-state index contributed by atoms with van der Waals surface area (Å²) in [6, 6.07) is 6.57. The third kappa shape index (κ3) is 3.50. The molecule has 0 saturated heterocycles. The van der Waals surface area contributed by atoms with Gasteiger partial charge in [0.1, 0.15) is 16.7 Å². The van der Waals surface area contributed by atoms with Crippen LogP contribution in [0.5, 0.6) is 5.75 Å². The molecule has 1 aliphatic carbocycles. The fourth-order valence-corrected chi connectivity index (χ4v) is 6.16. The number of anilines is 1. The standard InChI is InChI=1S/C25H26N2O6S/c1-12-5-10-17-16(11-12)20(28)18-19(14-6-8-15(31-3)9-7-14)27(23(29)21(18)33-17)25-26-13(2)22(34-25)24(30)32-4/h6-9,12,16-17,19H,5,10-11H2,1-4H3. The van der Waals surface area contributed by atoms with Crippen molar-refractivity contribution in [3.63, 3.8) is 0 Å². The third-order valence-corrected chi connectivity index (χ3v) is 8.04. The Bertz CT molecular complexity index is 1200. The Morgan fingerprint density at radius 2 is 1.91 bits per heavy atom. The Balaban J connectivity index is 1.63. The number of benzene rings is 1. The van der Waals surface area contributed by atoms with E-state index in [-0.39, 0.29) is 23.6 Å². The number of carbonyl (C=O) groups is 3. The molecule has 4 atom stereocenters. The van der Waals surface area contributed by atoms with E-state index >= 15 is 0 Å². The number of Topliss-reactive ketones (excluding diaryl/α,β-unsaturated/α-hetero) is 1. The summed E-state index contributed by atoms with van der Waals surface area (Å²) >= 11 is 1.07. The number of esters is 1. The maximum atomic E-state index is 13.8. The first-order valence-corrected chi connectivity index (χ1v) is 12.1. The third-order valence-electron chi connectivity index (χ3n) is 6.90. The van der Waals surface area contributed by atoms with E-state index in [9.17, 15) is 14.4 Å². The van der Waals surface area contributed by atoms with E-state index in [0.29, 0.717) is 32.9 Å². The minimum Gasteiger partial charge on any atom is -0.497 e. The highest BCUT2D eigenvalue weighted by atomic mass is 32.1. The number of thiazole rings is 1. The van der Waals surface area contributed by atoms with Gasteiger partial charge in [0.05, 0.1) is 37.4 Å². The molecule has 1 aromatic carbocycles. The van der Waals surface area contributed by atoms with Crippen molar-refractivity contribution in [2.24, 2.45) is 11.8 Å². The largest absolute Gasteiger partial charge is 0.497 e. The van der Waals surface area contributed by atoms with E-state index in [0.717, 1.165) is 36.2 Å². The maximum Gasteiger partial charge on any atom is 0.350 e. The smallest absolute Gasteiger partial charge is 0.350 e. The minimum atomic E-state index is -0.699. The molecule has 3 heterocycles. The molecule has 34 heavy (non-hydrogen) atoms. The Labute approximate surface area is 201 Å². The van der Waals surface area contributed by atoms with Crippen molar-refractivity contribution in [2.75, 3.05) is 19.1 Å². The zero-order chi connectivity index (χ0) is 24.1. The number of methoxy groups -OCH3 is 2. The highest BCUT2D eigenvalue weighted by Gasteiger charge is 2.53. The van der Waals surface area contributed by atoms with Crippen LogP contribution >= 0.6 is 11.3 Å². The number of hydrogen-bond donors (Lipinski definition) is 0. The lowest BCUT2D eigenvalue weighted by molar-refractivity contribution is -0.132. The number of ether oxygens (including phenoxy) is 3. The van der Waals surface area contributed by atoms with Gasteiger partial charge in [0, 0.05) is 0 Å². The summed E-state index contributed by atoms with van der Waals surface area (Å²) < 4.78 is 16.4. The molecule has 0 spiro atoms. The van der Waals surface area contributed by atoms with Gasteiger partial charge in [-0.05, 0) is 49.8 Å². The monoisotopic (exact) mass is 482 g/mol. The summed E-state index contributed by atoms with van der Waals surface area (Å²) in [4.78, 5) is 46.0. The van der Waals surface area contributed by atoms with Crippen molar-refractivity contribution in [1.82, 2.24) is 4.98 Å². The number of aryl methyl sites for hydroxylation is 1. The quantitative estimate of drug-likeness (QED) is 0.608. The molecule has 0 bridgehead atoms. The number of amides is 1. The van der Waals surface area contributed by atoms with Crippen LogP contribution in [0.4, 0.5) is 5.13 Å². The summed E-state index contributed by atoms with van der Waals surface area (Å²) in [5.41, 5.74) is 1.58. The molecule has 9 heteroatoms. The first-order chi connectivity index (χ1) is 16.3. The molecule has 3 aliphatic rings. The molecular formula is C25H26N2O6S. The lowest BCUT2D eigenvalue weighted by Gasteiger charge is -2.37. The number of carbonyl (C=O) groups excluding carboxylic acids is 3. The molecule has 1 fully saturated rings. The van der Waals surface area contributed by atoms with Gasteiger partial charge in [-0.25, -0.2) is 9.78 Å². The second-order valence-corrected chi connectivity index (χ2v) is 10.0. The van der Waals surface area contributed by atoms with Gasteiger partial charge < -0.3 is 14.2 Å². The number of fused-ring (bicyclic) bond motifs is 1. The van der Waals surface area contributed by atoms with Gasteiger partial charge in [-0.3, -0.25) is 14.5 Å². The molecule has 4 unspecified atom stereocenters. The normalized spacial score (nSPS) is 26.2. The lowest BCUT2D eigenvalue weighted by Crippen LogP contribution is -2.41. The number of ketones is 1. The Kier molecular flexibility index (Phi) is 5.67. The van der Waals surface area contributed by atoms with E-state index in [1.165, 1.54) is 12.0 Å². The molecule has 2 aromatic rings. The summed E-state index contributed by atoms with van der Waals surface area (Å²) in [6.07, 6.45) is 2.17. The van der Waals surface area contributed by atoms with E-state index in [4.69, 9.17) is 14.2 Å². The number of rotatable bonds is 4. The van der Waals surface area contributed by atoms with Crippen LogP contribution in [-0.4, -0.2) is 43.0 Å². The molecular weight excluding hydrogens is 456 g/mol. The summed E-state index contributed by atoms with van der Waals surface area (Å²) in [5, 5.41) is 0.325. The molecule has 0 radical (unpaired) electrons. The zero-order valence-corrected chi connectivity index (χ0v) is 20.3. The van der Waals surface area contributed by atoms with Crippen LogP contribution in [0.1, 0.15) is 53.2 Å². The molecule has 2 aliphatic heterocycles. The van der Waals surface area contributed by atoms with Gasteiger partial charge in [0.2, 0.25) is 0 Å². The molecule has 178 valence electrons. The average Bonchev–Trinajstić information content (AvgIpc) is 3.36. The molecule has 0 N–H and O–H groups in total. The van der Waals surface area contributed by atoms with Gasteiger partial charge in [-0.2, -0.15) is 0 Å². The number of hydrogen-bond acceptors (Lipinski definition) is 8. The fourth-order valence-electron chi connectivity index (χ4n) is 5.14. The predicted octanol–water partition coefficient (Wildman–Crippen LogP) is 3.99. The number of nitrogens with zero attached hydrogens (tertiary/aromatic N) is 2. The van der Waals surface area contributed by atoms with Crippen molar-refractivity contribution in [3.05, 3.63) is 51.7 Å². The van der Waals surface area contributed by atoms with Crippen molar-refractivity contribution in [2.45, 2.75) is 45.3 Å². The molecule has 5 rings (SSSR count). The van der Waals surface area contributed by atoms with E-state index in [1.54, 1.807) is 26.2 Å². The predicted molar refractivity (Wildman–Crippen MR) is 125 cm³/mol. The average molecular weight is 483 g/mol.